The van der Waals surface area contributed by atoms with Crippen LogP contribution < -0.4 is 10.5 Å². The van der Waals surface area contributed by atoms with Crippen LogP contribution in [0.2, 0.25) is 5.02 Å². The van der Waals surface area contributed by atoms with Crippen molar-refractivity contribution < 1.29 is 22.7 Å². The number of carbonyl (C=O) groups is 1. The highest BCUT2D eigenvalue weighted by Gasteiger charge is 2.35. The Labute approximate surface area is 175 Å². The molecule has 2 aromatic rings. The van der Waals surface area contributed by atoms with E-state index in [9.17, 15) is 22.8 Å². The molecule has 1 aromatic heterocycles. The van der Waals surface area contributed by atoms with Crippen molar-refractivity contribution in [3.05, 3.63) is 51.4 Å². The first kappa shape index (κ1) is 22.1. The Morgan fingerprint density at radius 1 is 1.27 bits per heavy atom. The van der Waals surface area contributed by atoms with Crippen LogP contribution in [0.5, 0.6) is 0 Å². The molecule has 1 unspecified atom stereocenters. The van der Waals surface area contributed by atoms with Crippen molar-refractivity contribution in [1.29, 1.82) is 0 Å². The Bertz CT molecular complexity index is 996. The van der Waals surface area contributed by atoms with Crippen LogP contribution in [0.15, 0.2) is 35.3 Å². The molecule has 0 N–H and O–H groups in total. The lowest BCUT2D eigenvalue weighted by molar-refractivity contribution is -0.150. The first-order chi connectivity index (χ1) is 14.1. The van der Waals surface area contributed by atoms with Crippen LogP contribution in [-0.2, 0) is 4.74 Å². The van der Waals surface area contributed by atoms with E-state index in [0.717, 1.165) is 4.68 Å². The van der Waals surface area contributed by atoms with Crippen molar-refractivity contribution in [3.63, 3.8) is 0 Å². The van der Waals surface area contributed by atoms with E-state index in [2.05, 4.69) is 5.10 Å². The summed E-state index contributed by atoms with van der Waals surface area (Å²) < 4.78 is 43.9. The van der Waals surface area contributed by atoms with Gasteiger partial charge in [-0.3, -0.25) is 9.69 Å². The molecular formula is C19H20ClF3N4O3. The molecule has 1 saturated heterocycles. The van der Waals surface area contributed by atoms with Crippen molar-refractivity contribution in [3.8, 4) is 5.69 Å². The topological polar surface area (TPSA) is 67.7 Å². The first-order valence-corrected chi connectivity index (χ1v) is 9.51. The highest BCUT2D eigenvalue weighted by atomic mass is 35.5. The lowest BCUT2D eigenvalue weighted by Crippen LogP contribution is -2.54. The number of nitrogens with zero attached hydrogens (tertiary/aromatic N) is 4. The first-order valence-electron chi connectivity index (χ1n) is 9.13. The monoisotopic (exact) mass is 444 g/mol. The molecule has 1 fully saturated rings. The number of carbonyl (C=O) groups excluding carboxylic acids is 1. The van der Waals surface area contributed by atoms with Crippen molar-refractivity contribution in [1.82, 2.24) is 14.7 Å². The van der Waals surface area contributed by atoms with Crippen molar-refractivity contribution >= 4 is 23.3 Å². The molecule has 7 nitrogen and oxygen atoms in total. The van der Waals surface area contributed by atoms with Crippen LogP contribution in [0.3, 0.4) is 0 Å². The standard InChI is InChI=1S/C19H20ClF3N4O3/c1-12-10-25(7-8-26(12)11-19(21,22)23)15-9-24-27(17(28)16(15)20)14-6-4-3-5-13(14)18(29)30-2/h3-6,9,12H,7-8,10-11H2,1-2H3. The van der Waals surface area contributed by atoms with Gasteiger partial charge in [0.1, 0.15) is 5.02 Å². The Morgan fingerprint density at radius 2 is 1.97 bits per heavy atom. The molecule has 0 bridgehead atoms. The molecule has 0 spiro atoms. The second kappa shape index (κ2) is 8.65. The van der Waals surface area contributed by atoms with E-state index in [0.29, 0.717) is 5.69 Å². The summed E-state index contributed by atoms with van der Waals surface area (Å²) in [6.07, 6.45) is -2.90. The minimum atomic E-state index is -4.27. The molecule has 0 amide bonds. The van der Waals surface area contributed by atoms with E-state index >= 15 is 0 Å². The zero-order chi connectivity index (χ0) is 22.1. The number of esters is 1. The minimum Gasteiger partial charge on any atom is -0.465 e. The van der Waals surface area contributed by atoms with Gasteiger partial charge < -0.3 is 9.64 Å². The maximum Gasteiger partial charge on any atom is 0.401 e. The number of benzene rings is 1. The zero-order valence-electron chi connectivity index (χ0n) is 16.3. The summed E-state index contributed by atoms with van der Waals surface area (Å²) in [6.45, 7) is 1.40. The van der Waals surface area contributed by atoms with E-state index in [1.165, 1.54) is 30.3 Å². The molecule has 30 heavy (non-hydrogen) atoms. The van der Waals surface area contributed by atoms with E-state index in [-0.39, 0.29) is 41.9 Å². The Morgan fingerprint density at radius 3 is 2.60 bits per heavy atom. The van der Waals surface area contributed by atoms with Crippen molar-refractivity contribution in [2.24, 2.45) is 0 Å². The van der Waals surface area contributed by atoms with Gasteiger partial charge in [0.25, 0.3) is 5.56 Å². The van der Waals surface area contributed by atoms with Gasteiger partial charge in [-0.05, 0) is 19.1 Å². The number of anilines is 1. The number of rotatable bonds is 4. The molecule has 1 aliphatic heterocycles. The Balaban J connectivity index is 1.89. The quantitative estimate of drug-likeness (QED) is 0.676. The van der Waals surface area contributed by atoms with Crippen molar-refractivity contribution in [2.75, 3.05) is 38.2 Å². The summed E-state index contributed by atoms with van der Waals surface area (Å²) in [4.78, 5) is 27.9. The molecule has 0 aliphatic carbocycles. The van der Waals surface area contributed by atoms with Gasteiger partial charge in [0.2, 0.25) is 0 Å². The molecule has 11 heteroatoms. The number of halogens is 4. The fraction of sp³-hybridized carbons (Fsp3) is 0.421. The van der Waals surface area contributed by atoms with Crippen molar-refractivity contribution in [2.45, 2.75) is 19.1 Å². The average molecular weight is 445 g/mol. The number of ether oxygens (including phenoxy) is 1. The van der Waals surface area contributed by atoms with Crippen LogP contribution >= 0.6 is 11.6 Å². The summed E-state index contributed by atoms with van der Waals surface area (Å²) >= 11 is 6.31. The highest BCUT2D eigenvalue weighted by molar-refractivity contribution is 6.33. The maximum atomic E-state index is 12.9. The van der Waals surface area contributed by atoms with Gasteiger partial charge >= 0.3 is 12.1 Å². The molecule has 3 rings (SSSR count). The third kappa shape index (κ3) is 4.59. The normalized spacial score (nSPS) is 17.8. The lowest BCUT2D eigenvalue weighted by atomic mass is 10.1. The number of alkyl halides is 3. The van der Waals surface area contributed by atoms with E-state index in [1.54, 1.807) is 24.0 Å². The van der Waals surface area contributed by atoms with Crippen LogP contribution in [0, 0.1) is 0 Å². The third-order valence-corrected chi connectivity index (χ3v) is 5.28. The SMILES string of the molecule is COC(=O)c1ccccc1-n1ncc(N2CCN(CC(F)(F)F)C(C)C2)c(Cl)c1=O. The Hall–Kier alpha value is -2.59. The fourth-order valence-corrected chi connectivity index (χ4v) is 3.68. The predicted octanol–water partition coefficient (Wildman–Crippen LogP) is 2.75. The average Bonchev–Trinajstić information content (AvgIpc) is 2.70. The molecule has 1 aliphatic rings. The summed E-state index contributed by atoms with van der Waals surface area (Å²) in [5.41, 5.74) is 0.0573. The molecule has 1 aromatic carbocycles. The molecule has 2 heterocycles. The zero-order valence-corrected chi connectivity index (χ0v) is 17.1. The smallest absolute Gasteiger partial charge is 0.401 e. The predicted molar refractivity (Wildman–Crippen MR) is 105 cm³/mol. The fourth-order valence-electron chi connectivity index (χ4n) is 3.44. The highest BCUT2D eigenvalue weighted by Crippen LogP contribution is 2.27. The number of para-hydroxylation sites is 1. The van der Waals surface area contributed by atoms with Gasteiger partial charge in [-0.25, -0.2) is 4.79 Å². The third-order valence-electron chi connectivity index (χ3n) is 4.93. The Kier molecular flexibility index (Phi) is 6.37. The van der Waals surface area contributed by atoms with Crippen LogP contribution in [0.1, 0.15) is 17.3 Å². The number of piperazine rings is 1. The second-order valence-electron chi connectivity index (χ2n) is 6.95. The van der Waals surface area contributed by atoms with Gasteiger partial charge in [0, 0.05) is 25.7 Å². The maximum absolute atomic E-state index is 12.9. The van der Waals surface area contributed by atoms with Gasteiger partial charge in [-0.2, -0.15) is 23.0 Å². The molecule has 1 atom stereocenters. The largest absolute Gasteiger partial charge is 0.465 e. The molecule has 0 radical (unpaired) electrons. The van der Waals surface area contributed by atoms with E-state index in [4.69, 9.17) is 16.3 Å². The summed E-state index contributed by atoms with van der Waals surface area (Å²) in [5.74, 6) is -0.630. The van der Waals surface area contributed by atoms with Gasteiger partial charge in [0.05, 0.1) is 36.8 Å². The van der Waals surface area contributed by atoms with Crippen LogP contribution in [0.4, 0.5) is 18.9 Å². The van der Waals surface area contributed by atoms with Gasteiger partial charge in [-0.1, -0.05) is 23.7 Å². The van der Waals surface area contributed by atoms with Crippen LogP contribution in [0.25, 0.3) is 5.69 Å². The summed E-state index contributed by atoms with van der Waals surface area (Å²) in [6, 6.07) is 5.91. The molecular weight excluding hydrogens is 425 g/mol. The number of aromatic nitrogens is 2. The second-order valence-corrected chi connectivity index (χ2v) is 7.33. The minimum absolute atomic E-state index is 0.124. The van der Waals surface area contributed by atoms with Gasteiger partial charge in [0.15, 0.2) is 0 Å². The summed E-state index contributed by atoms with van der Waals surface area (Å²) in [5, 5.41) is 4.02. The number of methoxy groups -OCH3 is 1. The van der Waals surface area contributed by atoms with E-state index < -0.39 is 24.2 Å². The molecule has 0 saturated carbocycles. The number of hydrogen-bond donors (Lipinski definition) is 0. The molecule has 162 valence electrons. The van der Waals surface area contributed by atoms with E-state index in [1.807, 2.05) is 0 Å². The van der Waals surface area contributed by atoms with Gasteiger partial charge in [-0.15, -0.1) is 0 Å². The number of hydrogen-bond acceptors (Lipinski definition) is 6. The lowest BCUT2D eigenvalue weighted by Gasteiger charge is -2.41. The van der Waals surface area contributed by atoms with Crippen LogP contribution in [-0.4, -0.2) is 66.2 Å². The summed E-state index contributed by atoms with van der Waals surface area (Å²) in [7, 11) is 1.23.